The van der Waals surface area contributed by atoms with E-state index in [1.165, 1.54) is 18.0 Å². The molecule has 8 heteroatoms. The number of aryl methyl sites for hydroxylation is 2. The number of carboxylic acids is 1. The predicted octanol–water partition coefficient (Wildman–Crippen LogP) is 3.86. The molecule has 0 spiro atoms. The fourth-order valence-corrected chi connectivity index (χ4v) is 5.93. The Morgan fingerprint density at radius 1 is 1.29 bits per heavy atom. The van der Waals surface area contributed by atoms with Crippen molar-refractivity contribution in [1.82, 2.24) is 9.55 Å². The Kier molecular flexibility index (Phi) is 4.71. The molecule has 4 rings (SSSR count). The number of aromatic nitrogens is 2. The van der Waals surface area contributed by atoms with Gasteiger partial charge in [-0.2, -0.15) is 0 Å². The van der Waals surface area contributed by atoms with E-state index < -0.39 is 15.8 Å². The number of carbonyl (C=O) groups is 1. The van der Waals surface area contributed by atoms with Gasteiger partial charge in [0.1, 0.15) is 0 Å². The second-order valence-electron chi connectivity index (χ2n) is 7.15. The molecular formula is C20H20N2O4S2. The minimum absolute atomic E-state index is 0.0272. The van der Waals surface area contributed by atoms with Crippen LogP contribution in [0.15, 0.2) is 51.3 Å². The van der Waals surface area contributed by atoms with E-state index in [9.17, 15) is 18.3 Å². The van der Waals surface area contributed by atoms with Crippen molar-refractivity contribution in [1.29, 1.82) is 0 Å². The lowest BCUT2D eigenvalue weighted by Crippen LogP contribution is -2.04. The summed E-state index contributed by atoms with van der Waals surface area (Å²) >= 11 is 1.48. The maximum Gasteiger partial charge on any atom is 0.304 e. The van der Waals surface area contributed by atoms with Gasteiger partial charge >= 0.3 is 5.97 Å². The SMILES string of the molecule is Cc1ccc(Sc2c3n(c4ccnc(S(C)(=O)=O)c24)CCC3CC(=O)O)cc1. The van der Waals surface area contributed by atoms with Gasteiger partial charge in [0.25, 0.3) is 0 Å². The van der Waals surface area contributed by atoms with Crippen LogP contribution in [0.2, 0.25) is 0 Å². The van der Waals surface area contributed by atoms with Gasteiger partial charge in [-0.3, -0.25) is 4.79 Å². The molecule has 3 aromatic rings. The number of aliphatic carboxylic acids is 1. The number of hydrogen-bond donors (Lipinski definition) is 1. The van der Waals surface area contributed by atoms with Crippen molar-refractivity contribution < 1.29 is 18.3 Å². The fraction of sp³-hybridized carbons (Fsp3) is 0.300. The lowest BCUT2D eigenvalue weighted by molar-refractivity contribution is -0.137. The van der Waals surface area contributed by atoms with E-state index in [1.807, 2.05) is 37.3 Å². The van der Waals surface area contributed by atoms with Crippen molar-refractivity contribution >= 4 is 38.5 Å². The molecule has 0 bridgehead atoms. The molecule has 6 nitrogen and oxygen atoms in total. The monoisotopic (exact) mass is 416 g/mol. The molecule has 0 amide bonds. The van der Waals surface area contributed by atoms with E-state index in [-0.39, 0.29) is 17.4 Å². The third-order valence-electron chi connectivity index (χ3n) is 5.04. The zero-order chi connectivity index (χ0) is 20.1. The van der Waals surface area contributed by atoms with Crippen LogP contribution < -0.4 is 0 Å². The van der Waals surface area contributed by atoms with Crippen LogP contribution in [0, 0.1) is 6.92 Å². The van der Waals surface area contributed by atoms with Gasteiger partial charge < -0.3 is 9.67 Å². The van der Waals surface area contributed by atoms with Crippen LogP contribution in [0.4, 0.5) is 0 Å². The average Bonchev–Trinajstić information content (AvgIpc) is 3.15. The Morgan fingerprint density at radius 3 is 2.64 bits per heavy atom. The maximum atomic E-state index is 12.4. The highest BCUT2D eigenvalue weighted by molar-refractivity contribution is 7.99. The van der Waals surface area contributed by atoms with Crippen LogP contribution in [-0.2, 0) is 21.2 Å². The predicted molar refractivity (Wildman–Crippen MR) is 108 cm³/mol. The molecule has 0 saturated heterocycles. The van der Waals surface area contributed by atoms with E-state index in [1.54, 1.807) is 0 Å². The van der Waals surface area contributed by atoms with Crippen molar-refractivity contribution in [2.24, 2.45) is 0 Å². The van der Waals surface area contributed by atoms with Gasteiger partial charge in [-0.25, -0.2) is 13.4 Å². The summed E-state index contributed by atoms with van der Waals surface area (Å²) in [7, 11) is -3.53. The highest BCUT2D eigenvalue weighted by atomic mass is 32.2. The van der Waals surface area contributed by atoms with Crippen LogP contribution in [0.1, 0.15) is 30.0 Å². The first-order valence-corrected chi connectivity index (χ1v) is 11.6. The number of fused-ring (bicyclic) bond motifs is 3. The number of rotatable bonds is 5. The van der Waals surface area contributed by atoms with Crippen molar-refractivity contribution in [3.63, 3.8) is 0 Å². The molecule has 1 aliphatic rings. The number of hydrogen-bond acceptors (Lipinski definition) is 5. The standard InChI is InChI=1S/C20H20N2O4S2/c1-12-3-5-14(6-4-12)27-19-17-15(7-9-21-20(17)28(2,25)26)22-10-8-13(18(19)22)11-16(23)24/h3-7,9,13H,8,10-11H2,1-2H3,(H,23,24). The van der Waals surface area contributed by atoms with Crippen molar-refractivity contribution in [3.05, 3.63) is 47.8 Å². The highest BCUT2D eigenvalue weighted by Gasteiger charge is 2.33. The number of benzene rings is 1. The molecule has 0 radical (unpaired) electrons. The fourth-order valence-electron chi connectivity index (χ4n) is 3.84. The molecule has 1 N–H and O–H groups in total. The van der Waals surface area contributed by atoms with Gasteiger partial charge in [-0.1, -0.05) is 29.5 Å². The summed E-state index contributed by atoms with van der Waals surface area (Å²) in [6.07, 6.45) is 3.43. The molecule has 0 aliphatic carbocycles. The van der Waals surface area contributed by atoms with Gasteiger partial charge in [0.2, 0.25) is 0 Å². The van der Waals surface area contributed by atoms with Gasteiger partial charge in [-0.05, 0) is 31.5 Å². The molecular weight excluding hydrogens is 396 g/mol. The lowest BCUT2D eigenvalue weighted by atomic mass is 10.0. The zero-order valence-electron chi connectivity index (χ0n) is 15.5. The van der Waals surface area contributed by atoms with Gasteiger partial charge in [0, 0.05) is 40.4 Å². The van der Waals surface area contributed by atoms with Gasteiger partial charge in [0.15, 0.2) is 14.9 Å². The molecule has 1 aromatic carbocycles. The summed E-state index contributed by atoms with van der Waals surface area (Å²) in [4.78, 5) is 17.3. The smallest absolute Gasteiger partial charge is 0.304 e. The molecule has 2 aromatic heterocycles. The molecule has 1 atom stereocenters. The summed E-state index contributed by atoms with van der Waals surface area (Å²) in [6, 6.07) is 9.81. The van der Waals surface area contributed by atoms with E-state index in [4.69, 9.17) is 0 Å². The summed E-state index contributed by atoms with van der Waals surface area (Å²) in [5, 5.41) is 9.99. The van der Waals surface area contributed by atoms with Crippen LogP contribution in [0.3, 0.4) is 0 Å². The Balaban J connectivity index is 1.98. The molecule has 28 heavy (non-hydrogen) atoms. The topological polar surface area (TPSA) is 89.3 Å². The first kappa shape index (κ1) is 19.0. The van der Waals surface area contributed by atoms with Crippen LogP contribution in [-0.4, -0.2) is 35.3 Å². The minimum atomic E-state index is -3.53. The van der Waals surface area contributed by atoms with Crippen molar-refractivity contribution in [2.75, 3.05) is 6.26 Å². The highest BCUT2D eigenvalue weighted by Crippen LogP contribution is 2.47. The molecule has 146 valence electrons. The third-order valence-corrected chi connectivity index (χ3v) is 7.17. The van der Waals surface area contributed by atoms with E-state index in [0.29, 0.717) is 11.9 Å². The zero-order valence-corrected chi connectivity index (χ0v) is 17.2. The van der Waals surface area contributed by atoms with Crippen LogP contribution in [0.5, 0.6) is 0 Å². The summed E-state index contributed by atoms with van der Waals surface area (Å²) in [6.45, 7) is 2.68. The van der Waals surface area contributed by atoms with E-state index >= 15 is 0 Å². The Labute approximate surface area is 167 Å². The third kappa shape index (κ3) is 3.31. The normalized spacial score (nSPS) is 16.4. The molecule has 0 fully saturated rings. The maximum absolute atomic E-state index is 12.4. The second-order valence-corrected chi connectivity index (χ2v) is 10.2. The number of pyridine rings is 1. The first-order chi connectivity index (χ1) is 13.3. The first-order valence-electron chi connectivity index (χ1n) is 8.93. The number of nitrogens with zero attached hydrogens (tertiary/aromatic N) is 2. The van der Waals surface area contributed by atoms with Crippen molar-refractivity contribution in [3.8, 4) is 0 Å². The molecule has 1 aliphatic heterocycles. The molecule has 3 heterocycles. The summed E-state index contributed by atoms with van der Waals surface area (Å²) in [5.74, 6) is -0.998. The second kappa shape index (κ2) is 6.93. The Hall–Kier alpha value is -2.32. The van der Waals surface area contributed by atoms with E-state index in [2.05, 4.69) is 9.55 Å². The summed E-state index contributed by atoms with van der Waals surface area (Å²) < 4.78 is 26.9. The Morgan fingerprint density at radius 2 is 2.00 bits per heavy atom. The molecule has 0 saturated carbocycles. The van der Waals surface area contributed by atoms with Gasteiger partial charge in [0.05, 0.1) is 17.3 Å². The lowest BCUT2D eigenvalue weighted by Gasteiger charge is -2.11. The molecule has 1 unspecified atom stereocenters. The minimum Gasteiger partial charge on any atom is -0.481 e. The van der Waals surface area contributed by atoms with Crippen LogP contribution >= 0.6 is 11.8 Å². The quantitative estimate of drug-likeness (QED) is 0.679. The Bertz CT molecular complexity index is 1180. The largest absolute Gasteiger partial charge is 0.481 e. The number of sulfone groups is 1. The average molecular weight is 417 g/mol. The summed E-state index contributed by atoms with van der Waals surface area (Å²) in [5.41, 5.74) is 2.84. The van der Waals surface area contributed by atoms with Crippen molar-refractivity contribution in [2.45, 2.75) is 47.0 Å². The van der Waals surface area contributed by atoms with E-state index in [0.717, 1.165) is 39.2 Å². The van der Waals surface area contributed by atoms with Gasteiger partial charge in [-0.15, -0.1) is 0 Å². The van der Waals surface area contributed by atoms with Crippen LogP contribution in [0.25, 0.3) is 10.9 Å². The number of carboxylic acid groups (broad SMARTS) is 1.